The topological polar surface area (TPSA) is 0 Å². The number of hydrogen-bond acceptors (Lipinski definition) is 0. The highest BCUT2D eigenvalue weighted by Gasteiger charge is 2.24. The van der Waals surface area contributed by atoms with Gasteiger partial charge < -0.3 is 0 Å². The van der Waals surface area contributed by atoms with Crippen LogP contribution in [-0.2, 0) is 17.2 Å². The van der Waals surface area contributed by atoms with E-state index in [1.165, 1.54) is 16.7 Å². The highest BCUT2D eigenvalue weighted by molar-refractivity contribution is 6.54. The molecule has 0 aliphatic heterocycles. The van der Waals surface area contributed by atoms with E-state index in [0.717, 1.165) is 13.6 Å². The number of rotatable bonds is 3. The molecule has 1 heteroatoms. The van der Waals surface area contributed by atoms with Crippen LogP contribution in [0.2, 0.25) is 0 Å². The first-order valence-corrected chi connectivity index (χ1v) is 8.36. The van der Waals surface area contributed by atoms with Gasteiger partial charge in [0.2, 0.25) is 0 Å². The maximum atomic E-state index is 2.32. The van der Waals surface area contributed by atoms with Crippen LogP contribution in [0.1, 0.15) is 58.2 Å². The summed E-state index contributed by atoms with van der Waals surface area (Å²) in [5, 5.41) is 0. The van der Waals surface area contributed by atoms with Gasteiger partial charge in [-0.15, -0.1) is 0 Å². The standard InChI is InChI=1S/C21H29B/c1-20(2,3)17-13-10-14-18(21(4,5)6)19(17)22-15-16-11-8-7-9-12-16/h7-14,22H,15H2,1-6H3. The molecule has 0 unspecified atom stereocenters. The van der Waals surface area contributed by atoms with Gasteiger partial charge in [-0.3, -0.25) is 0 Å². The largest absolute Gasteiger partial charge is 0.162 e. The zero-order valence-corrected chi connectivity index (χ0v) is 15.0. The summed E-state index contributed by atoms with van der Waals surface area (Å²) in [5.41, 5.74) is 6.34. The Balaban J connectivity index is 2.42. The van der Waals surface area contributed by atoms with Gasteiger partial charge in [0.05, 0.1) is 0 Å². The monoisotopic (exact) mass is 292 g/mol. The second-order valence-electron chi connectivity index (χ2n) is 8.32. The summed E-state index contributed by atoms with van der Waals surface area (Å²) in [6.07, 6.45) is 1.11. The molecule has 0 radical (unpaired) electrons. The van der Waals surface area contributed by atoms with Gasteiger partial charge in [-0.2, -0.15) is 0 Å². The first kappa shape index (κ1) is 16.9. The van der Waals surface area contributed by atoms with E-state index < -0.39 is 0 Å². The third-order valence-corrected chi connectivity index (χ3v) is 4.30. The van der Waals surface area contributed by atoms with E-state index in [1.807, 2.05) is 0 Å². The molecule has 0 spiro atoms. The molecule has 2 aromatic carbocycles. The van der Waals surface area contributed by atoms with Crippen molar-refractivity contribution in [2.75, 3.05) is 0 Å². The Morgan fingerprint density at radius 1 is 0.682 bits per heavy atom. The lowest BCUT2D eigenvalue weighted by atomic mass is 9.57. The molecule has 0 saturated heterocycles. The molecular weight excluding hydrogens is 263 g/mol. The van der Waals surface area contributed by atoms with E-state index in [9.17, 15) is 0 Å². The van der Waals surface area contributed by atoms with Gasteiger partial charge >= 0.3 is 0 Å². The van der Waals surface area contributed by atoms with Gasteiger partial charge in [0.25, 0.3) is 0 Å². The molecule has 0 bridgehead atoms. The molecule has 116 valence electrons. The van der Waals surface area contributed by atoms with Crippen molar-refractivity contribution in [3.8, 4) is 0 Å². The summed E-state index contributed by atoms with van der Waals surface area (Å²) in [6.45, 7) is 13.9. The molecule has 0 aliphatic rings. The average Bonchev–Trinajstić information content (AvgIpc) is 2.44. The van der Waals surface area contributed by atoms with E-state index >= 15 is 0 Å². The second kappa shape index (κ2) is 6.32. The molecule has 2 rings (SSSR count). The number of hydrogen-bond donors (Lipinski definition) is 0. The Kier molecular flexibility index (Phi) is 4.85. The maximum Gasteiger partial charge on any atom is 0.162 e. The first-order valence-electron chi connectivity index (χ1n) is 8.36. The Labute approximate surface area is 137 Å². The van der Waals surface area contributed by atoms with Crippen molar-refractivity contribution in [3.63, 3.8) is 0 Å². The van der Waals surface area contributed by atoms with Gasteiger partial charge in [0.15, 0.2) is 7.28 Å². The Morgan fingerprint density at radius 2 is 1.18 bits per heavy atom. The van der Waals surface area contributed by atoms with Crippen LogP contribution in [0, 0.1) is 0 Å². The average molecular weight is 292 g/mol. The van der Waals surface area contributed by atoms with Crippen molar-refractivity contribution in [2.45, 2.75) is 58.7 Å². The van der Waals surface area contributed by atoms with Crippen LogP contribution in [0.5, 0.6) is 0 Å². The maximum absolute atomic E-state index is 2.32. The zero-order valence-electron chi connectivity index (χ0n) is 15.0. The molecule has 0 N–H and O–H groups in total. The van der Waals surface area contributed by atoms with Crippen molar-refractivity contribution in [1.82, 2.24) is 0 Å². The molecule has 0 aliphatic carbocycles. The van der Waals surface area contributed by atoms with Crippen LogP contribution >= 0.6 is 0 Å². The SMILES string of the molecule is CC(C)(C)c1cccc(C(C)(C)C)c1BCc1ccccc1. The minimum Gasteiger partial charge on any atom is -0.0768 e. The quantitative estimate of drug-likeness (QED) is 0.728. The van der Waals surface area contributed by atoms with Crippen LogP contribution < -0.4 is 5.46 Å². The zero-order chi connectivity index (χ0) is 16.4. The predicted molar refractivity (Wildman–Crippen MR) is 101 cm³/mol. The van der Waals surface area contributed by atoms with Gasteiger partial charge in [-0.25, -0.2) is 0 Å². The molecule has 22 heavy (non-hydrogen) atoms. The second-order valence-corrected chi connectivity index (χ2v) is 8.32. The van der Waals surface area contributed by atoms with Crippen molar-refractivity contribution >= 4 is 12.7 Å². The van der Waals surface area contributed by atoms with Crippen LogP contribution in [0.25, 0.3) is 0 Å². The van der Waals surface area contributed by atoms with Crippen molar-refractivity contribution in [3.05, 3.63) is 65.2 Å². The van der Waals surface area contributed by atoms with Gasteiger partial charge in [0.1, 0.15) is 0 Å². The van der Waals surface area contributed by atoms with Gasteiger partial charge in [0, 0.05) is 0 Å². The third kappa shape index (κ3) is 4.03. The molecule has 0 fully saturated rings. The lowest BCUT2D eigenvalue weighted by Crippen LogP contribution is -2.35. The Hall–Kier alpha value is -1.50. The van der Waals surface area contributed by atoms with Gasteiger partial charge in [-0.05, 0) is 28.3 Å². The lowest BCUT2D eigenvalue weighted by Gasteiger charge is -2.30. The fourth-order valence-electron chi connectivity index (χ4n) is 3.18. The molecule has 2 aromatic rings. The molecule has 0 heterocycles. The molecular formula is C21H29B. The summed E-state index contributed by atoms with van der Waals surface area (Å²) in [6, 6.07) is 17.7. The highest BCUT2D eigenvalue weighted by atomic mass is 14.3. The fourth-order valence-corrected chi connectivity index (χ4v) is 3.18. The first-order chi connectivity index (χ1) is 10.2. The Morgan fingerprint density at radius 3 is 1.64 bits per heavy atom. The van der Waals surface area contributed by atoms with E-state index in [-0.39, 0.29) is 10.8 Å². The van der Waals surface area contributed by atoms with E-state index in [4.69, 9.17) is 0 Å². The third-order valence-electron chi connectivity index (χ3n) is 4.30. The predicted octanol–water partition coefficient (Wildman–Crippen LogP) is 4.54. The van der Waals surface area contributed by atoms with Crippen molar-refractivity contribution in [2.24, 2.45) is 0 Å². The van der Waals surface area contributed by atoms with Crippen LogP contribution in [-0.4, -0.2) is 7.28 Å². The summed E-state index contributed by atoms with van der Waals surface area (Å²) in [4.78, 5) is 0. The Bertz CT molecular complexity index is 580. The minimum absolute atomic E-state index is 0.188. The molecule has 0 aromatic heterocycles. The van der Waals surface area contributed by atoms with Crippen LogP contribution in [0.3, 0.4) is 0 Å². The normalized spacial score (nSPS) is 12.3. The molecule has 0 amide bonds. The summed E-state index contributed by atoms with van der Waals surface area (Å²) in [7, 11) is 1.12. The van der Waals surface area contributed by atoms with Crippen molar-refractivity contribution in [1.29, 1.82) is 0 Å². The van der Waals surface area contributed by atoms with Crippen LogP contribution in [0.4, 0.5) is 0 Å². The highest BCUT2D eigenvalue weighted by Crippen LogP contribution is 2.26. The molecule has 0 atom stereocenters. The summed E-state index contributed by atoms with van der Waals surface area (Å²) < 4.78 is 0. The lowest BCUT2D eigenvalue weighted by molar-refractivity contribution is 0.575. The molecule has 0 saturated carbocycles. The van der Waals surface area contributed by atoms with E-state index in [2.05, 4.69) is 90.1 Å². The minimum atomic E-state index is 0.188. The summed E-state index contributed by atoms with van der Waals surface area (Å²) >= 11 is 0. The van der Waals surface area contributed by atoms with E-state index in [1.54, 1.807) is 5.46 Å². The van der Waals surface area contributed by atoms with Gasteiger partial charge in [-0.1, -0.05) is 101 Å². The summed E-state index contributed by atoms with van der Waals surface area (Å²) in [5.74, 6) is 0. The van der Waals surface area contributed by atoms with E-state index in [0.29, 0.717) is 0 Å². The van der Waals surface area contributed by atoms with Crippen LogP contribution in [0.15, 0.2) is 48.5 Å². The number of benzene rings is 2. The molecule has 0 nitrogen and oxygen atoms in total. The smallest absolute Gasteiger partial charge is 0.0768 e. The van der Waals surface area contributed by atoms with Crippen molar-refractivity contribution < 1.29 is 0 Å². The fraction of sp³-hybridized carbons (Fsp3) is 0.429.